The van der Waals surface area contributed by atoms with Gasteiger partial charge in [0, 0.05) is 10.0 Å². The fourth-order valence-electron chi connectivity index (χ4n) is 2.69. The molecule has 1 aliphatic heterocycles. The molecule has 3 rings (SSSR count). The number of hydrogen-bond acceptors (Lipinski definition) is 9. The van der Waals surface area contributed by atoms with E-state index < -0.39 is 12.0 Å². The van der Waals surface area contributed by atoms with Crippen LogP contribution in [0.4, 0.5) is 17.3 Å². The highest BCUT2D eigenvalue weighted by molar-refractivity contribution is 9.10. The molecule has 0 amide bonds. The second-order valence-corrected chi connectivity index (χ2v) is 6.30. The number of nitrogen functional groups attached to an aromatic ring is 2. The van der Waals surface area contributed by atoms with Gasteiger partial charge in [0.25, 0.3) is 0 Å². The Morgan fingerprint density at radius 2 is 2.11 bits per heavy atom. The quantitative estimate of drug-likeness (QED) is 0.350. The van der Waals surface area contributed by atoms with Crippen LogP contribution in [0.3, 0.4) is 0 Å². The number of carboxylic acid groups (broad SMARTS) is 1. The minimum absolute atomic E-state index is 0.00189. The largest absolute Gasteiger partial charge is 0.478 e. The van der Waals surface area contributed by atoms with Crippen LogP contribution < -0.4 is 22.1 Å². The lowest BCUT2D eigenvalue weighted by atomic mass is 9.94. The molecule has 134 valence electrons. The summed E-state index contributed by atoms with van der Waals surface area (Å²) in [6.07, 6.45) is 1.74. The third-order valence-corrected chi connectivity index (χ3v) is 4.62. The molecule has 0 saturated heterocycles. The normalized spacial score (nSPS) is 14.8. The van der Waals surface area contributed by atoms with Gasteiger partial charge in [-0.05, 0) is 23.8 Å². The number of nitriles is 2. The number of anilines is 3. The molecule has 0 radical (unpaired) electrons. The van der Waals surface area contributed by atoms with Crippen LogP contribution in [0.1, 0.15) is 33.1 Å². The second kappa shape index (κ2) is 6.82. The Balaban J connectivity index is 2.30. The van der Waals surface area contributed by atoms with Gasteiger partial charge in [0.1, 0.15) is 29.3 Å². The number of hydrogen-bond donors (Lipinski definition) is 5. The molecule has 1 unspecified atom stereocenters. The van der Waals surface area contributed by atoms with Gasteiger partial charge in [-0.1, -0.05) is 15.9 Å². The molecule has 0 saturated carbocycles. The Labute approximate surface area is 161 Å². The molecule has 2 aromatic rings. The number of nitrogens with zero attached hydrogens (tertiary/aromatic N) is 4. The first kappa shape index (κ1) is 18.0. The molecule has 1 aromatic carbocycles. The van der Waals surface area contributed by atoms with Gasteiger partial charge in [-0.2, -0.15) is 10.5 Å². The Hall–Kier alpha value is -3.83. The summed E-state index contributed by atoms with van der Waals surface area (Å²) < 4.78 is 0.570. The Kier molecular flexibility index (Phi) is 4.54. The summed E-state index contributed by atoms with van der Waals surface area (Å²) in [4.78, 5) is 19.9. The van der Waals surface area contributed by atoms with Gasteiger partial charge >= 0.3 is 5.97 Å². The van der Waals surface area contributed by atoms with Crippen LogP contribution >= 0.6 is 15.9 Å². The van der Waals surface area contributed by atoms with Crippen LogP contribution in [-0.4, -0.2) is 22.0 Å². The molecule has 10 nitrogen and oxygen atoms in total. The number of nitrogens with one attached hydrogen (secondary N) is 2. The highest BCUT2D eigenvalue weighted by atomic mass is 79.9. The summed E-state index contributed by atoms with van der Waals surface area (Å²) in [5.41, 5.74) is 12.9. The zero-order chi connectivity index (χ0) is 19.7. The van der Waals surface area contributed by atoms with Gasteiger partial charge in [-0.15, -0.1) is 0 Å². The van der Waals surface area contributed by atoms with Crippen LogP contribution in [0.2, 0.25) is 0 Å². The number of aliphatic imine (C=N–C) groups is 1. The summed E-state index contributed by atoms with van der Waals surface area (Å²) in [5, 5.41) is 32.7. The zero-order valence-electron chi connectivity index (χ0n) is 13.5. The summed E-state index contributed by atoms with van der Waals surface area (Å²) in [6.45, 7) is 0. The van der Waals surface area contributed by atoms with Crippen LogP contribution in [0, 0.1) is 22.8 Å². The van der Waals surface area contributed by atoms with E-state index in [2.05, 4.69) is 36.5 Å². The topological polar surface area (TPSA) is 186 Å². The number of rotatable bonds is 2. The third kappa shape index (κ3) is 3.07. The molecule has 0 aliphatic carbocycles. The highest BCUT2D eigenvalue weighted by Gasteiger charge is 2.31. The van der Waals surface area contributed by atoms with E-state index in [-0.39, 0.29) is 34.4 Å². The first-order valence-corrected chi connectivity index (χ1v) is 8.18. The van der Waals surface area contributed by atoms with Crippen molar-refractivity contribution >= 4 is 45.2 Å². The van der Waals surface area contributed by atoms with Crippen molar-refractivity contribution in [3.8, 4) is 12.3 Å². The smallest absolute Gasteiger partial charge is 0.335 e. The predicted octanol–water partition coefficient (Wildman–Crippen LogP) is 1.52. The van der Waals surface area contributed by atoms with Gasteiger partial charge in [0.05, 0.1) is 11.3 Å². The molecule has 1 atom stereocenters. The maximum absolute atomic E-state index is 11.4. The standard InChI is InChI=1S/C16H11BrN8O2/c17-9-2-1-6(15(26)27)3-7(9)12-10-11(20)8(4-18)13(21)24-14(10)25-16(23-12)22-5-19/h1-3,12H,(H,26,27)(H6,20,21,22,23,24,25). The molecule has 1 aliphatic rings. The van der Waals surface area contributed by atoms with Gasteiger partial charge in [0.2, 0.25) is 5.96 Å². The fourth-order valence-corrected chi connectivity index (χ4v) is 3.16. The van der Waals surface area contributed by atoms with Crippen LogP contribution in [0.15, 0.2) is 27.7 Å². The molecule has 7 N–H and O–H groups in total. The number of pyridine rings is 1. The van der Waals surface area contributed by atoms with E-state index in [9.17, 15) is 15.2 Å². The fraction of sp³-hybridized carbons (Fsp3) is 0.0625. The van der Waals surface area contributed by atoms with Gasteiger partial charge < -0.3 is 21.9 Å². The van der Waals surface area contributed by atoms with E-state index in [0.717, 1.165) is 0 Å². The lowest BCUT2D eigenvalue weighted by Crippen LogP contribution is -2.33. The first-order valence-electron chi connectivity index (χ1n) is 7.39. The third-order valence-electron chi connectivity index (χ3n) is 3.90. The Morgan fingerprint density at radius 3 is 2.74 bits per heavy atom. The number of aromatic nitrogens is 1. The molecule has 11 heteroatoms. The van der Waals surface area contributed by atoms with E-state index >= 15 is 0 Å². The van der Waals surface area contributed by atoms with E-state index in [4.69, 9.17) is 16.7 Å². The minimum Gasteiger partial charge on any atom is -0.478 e. The van der Waals surface area contributed by atoms with Gasteiger partial charge in [-0.25, -0.2) is 14.8 Å². The molecule has 0 spiro atoms. The number of fused-ring (bicyclic) bond motifs is 1. The molecule has 27 heavy (non-hydrogen) atoms. The number of halogens is 1. The number of nitrogens with two attached hydrogens (primary N) is 2. The van der Waals surface area contributed by atoms with E-state index in [1.54, 1.807) is 12.3 Å². The average molecular weight is 427 g/mol. The number of carboxylic acids is 1. The molecule has 2 heterocycles. The number of guanidine groups is 1. The molecular weight excluding hydrogens is 416 g/mol. The van der Waals surface area contributed by atoms with Crippen LogP contribution in [0.5, 0.6) is 0 Å². The summed E-state index contributed by atoms with van der Waals surface area (Å²) in [5.74, 6) is -0.886. The summed E-state index contributed by atoms with van der Waals surface area (Å²) in [6, 6.07) is 5.51. The van der Waals surface area contributed by atoms with Crippen molar-refractivity contribution in [2.24, 2.45) is 4.99 Å². The SMILES string of the molecule is N#CNC1=NC(c2cc(C(=O)O)ccc2Br)c2c(nc(N)c(C#N)c2N)N1. The molecular formula is C16H11BrN8O2. The van der Waals surface area contributed by atoms with Crippen molar-refractivity contribution in [2.75, 3.05) is 16.8 Å². The maximum Gasteiger partial charge on any atom is 0.335 e. The average Bonchev–Trinajstić information content (AvgIpc) is 2.61. The van der Waals surface area contributed by atoms with Crippen molar-refractivity contribution in [3.05, 3.63) is 44.9 Å². The summed E-state index contributed by atoms with van der Waals surface area (Å²) >= 11 is 3.38. The van der Waals surface area contributed by atoms with Crippen LogP contribution in [-0.2, 0) is 0 Å². The van der Waals surface area contributed by atoms with E-state index in [1.165, 1.54) is 12.1 Å². The van der Waals surface area contributed by atoms with Crippen molar-refractivity contribution in [1.29, 1.82) is 10.5 Å². The number of aromatic carboxylic acids is 1. The Bertz CT molecular complexity index is 1080. The van der Waals surface area contributed by atoms with Crippen molar-refractivity contribution in [1.82, 2.24) is 10.3 Å². The van der Waals surface area contributed by atoms with Crippen LogP contribution in [0.25, 0.3) is 0 Å². The molecule has 1 aromatic heterocycles. The zero-order valence-corrected chi connectivity index (χ0v) is 15.1. The summed E-state index contributed by atoms with van der Waals surface area (Å²) in [7, 11) is 0. The predicted molar refractivity (Wildman–Crippen MR) is 101 cm³/mol. The minimum atomic E-state index is -1.11. The lowest BCUT2D eigenvalue weighted by molar-refractivity contribution is 0.0696. The molecule has 0 fully saturated rings. The Morgan fingerprint density at radius 1 is 1.37 bits per heavy atom. The lowest BCUT2D eigenvalue weighted by Gasteiger charge is -2.26. The maximum atomic E-state index is 11.4. The van der Waals surface area contributed by atoms with Crippen molar-refractivity contribution < 1.29 is 9.90 Å². The van der Waals surface area contributed by atoms with Gasteiger partial charge in [0.15, 0.2) is 6.19 Å². The van der Waals surface area contributed by atoms with E-state index in [0.29, 0.717) is 15.6 Å². The van der Waals surface area contributed by atoms with Crippen molar-refractivity contribution in [2.45, 2.75) is 6.04 Å². The second-order valence-electron chi connectivity index (χ2n) is 5.44. The highest BCUT2D eigenvalue weighted by Crippen LogP contribution is 2.42. The monoisotopic (exact) mass is 426 g/mol. The molecule has 0 bridgehead atoms. The first-order chi connectivity index (χ1) is 12.9. The number of carbonyl (C=O) groups is 1. The van der Waals surface area contributed by atoms with Crippen molar-refractivity contribution in [3.63, 3.8) is 0 Å². The van der Waals surface area contributed by atoms with E-state index in [1.807, 2.05) is 6.07 Å². The van der Waals surface area contributed by atoms with Gasteiger partial charge in [-0.3, -0.25) is 5.32 Å². The number of benzene rings is 1.